The van der Waals surface area contributed by atoms with Crippen molar-refractivity contribution in [2.75, 3.05) is 13.2 Å². The van der Waals surface area contributed by atoms with E-state index in [0.29, 0.717) is 12.0 Å². The van der Waals surface area contributed by atoms with Gasteiger partial charge in [-0.2, -0.15) is 0 Å². The van der Waals surface area contributed by atoms with Crippen LogP contribution in [0.2, 0.25) is 0 Å². The lowest BCUT2D eigenvalue weighted by molar-refractivity contribution is 0.317. The first-order chi connectivity index (χ1) is 8.61. The highest BCUT2D eigenvalue weighted by Gasteiger charge is 2.04. The van der Waals surface area contributed by atoms with Crippen LogP contribution in [0.25, 0.3) is 0 Å². The van der Waals surface area contributed by atoms with Gasteiger partial charge in [0.25, 0.3) is 0 Å². The SMILES string of the molecule is CCCOc1ccc(CC(C)NCC(C)C)cc1. The Kier molecular flexibility index (Phi) is 6.81. The Hall–Kier alpha value is -1.02. The van der Waals surface area contributed by atoms with E-state index in [4.69, 9.17) is 4.74 Å². The van der Waals surface area contributed by atoms with Crippen molar-refractivity contribution in [2.24, 2.45) is 5.92 Å². The molecule has 18 heavy (non-hydrogen) atoms. The van der Waals surface area contributed by atoms with E-state index in [1.54, 1.807) is 0 Å². The summed E-state index contributed by atoms with van der Waals surface area (Å²) >= 11 is 0. The van der Waals surface area contributed by atoms with E-state index < -0.39 is 0 Å². The van der Waals surface area contributed by atoms with E-state index in [1.807, 2.05) is 0 Å². The minimum Gasteiger partial charge on any atom is -0.494 e. The van der Waals surface area contributed by atoms with Gasteiger partial charge in [0.15, 0.2) is 0 Å². The molecule has 0 spiro atoms. The summed E-state index contributed by atoms with van der Waals surface area (Å²) in [5, 5.41) is 3.55. The number of ether oxygens (including phenoxy) is 1. The largest absolute Gasteiger partial charge is 0.494 e. The first-order valence-corrected chi connectivity index (χ1v) is 7.07. The topological polar surface area (TPSA) is 21.3 Å². The monoisotopic (exact) mass is 249 g/mol. The van der Waals surface area contributed by atoms with Crippen molar-refractivity contribution in [3.05, 3.63) is 29.8 Å². The summed E-state index contributed by atoms with van der Waals surface area (Å²) in [6.45, 7) is 10.7. The van der Waals surface area contributed by atoms with Crippen molar-refractivity contribution in [3.8, 4) is 5.75 Å². The molecule has 0 aliphatic heterocycles. The lowest BCUT2D eigenvalue weighted by Crippen LogP contribution is -2.31. The summed E-state index contributed by atoms with van der Waals surface area (Å²) in [6, 6.07) is 8.99. The minimum absolute atomic E-state index is 0.523. The van der Waals surface area contributed by atoms with Crippen LogP contribution in [-0.4, -0.2) is 19.2 Å². The van der Waals surface area contributed by atoms with E-state index in [-0.39, 0.29) is 0 Å². The van der Waals surface area contributed by atoms with Crippen LogP contribution in [0.1, 0.15) is 39.7 Å². The molecule has 1 rings (SSSR count). The Labute approximate surface area is 112 Å². The third-order valence-corrected chi connectivity index (χ3v) is 2.81. The third-order valence-electron chi connectivity index (χ3n) is 2.81. The van der Waals surface area contributed by atoms with Gasteiger partial charge < -0.3 is 10.1 Å². The van der Waals surface area contributed by atoms with Crippen LogP contribution in [-0.2, 0) is 6.42 Å². The first kappa shape index (κ1) is 15.0. The standard InChI is InChI=1S/C16H27NO/c1-5-10-18-16-8-6-15(7-9-16)11-14(4)17-12-13(2)3/h6-9,13-14,17H,5,10-12H2,1-4H3. The van der Waals surface area contributed by atoms with Gasteiger partial charge in [0, 0.05) is 6.04 Å². The van der Waals surface area contributed by atoms with Gasteiger partial charge >= 0.3 is 0 Å². The average Bonchev–Trinajstić information content (AvgIpc) is 2.35. The molecule has 0 aromatic heterocycles. The van der Waals surface area contributed by atoms with Gasteiger partial charge in [0.05, 0.1) is 6.61 Å². The Morgan fingerprint density at radius 1 is 1.11 bits per heavy atom. The van der Waals surface area contributed by atoms with Gasteiger partial charge in [-0.25, -0.2) is 0 Å². The molecule has 1 unspecified atom stereocenters. The van der Waals surface area contributed by atoms with Gasteiger partial charge in [0.1, 0.15) is 5.75 Å². The highest BCUT2D eigenvalue weighted by atomic mass is 16.5. The zero-order valence-corrected chi connectivity index (χ0v) is 12.2. The van der Waals surface area contributed by atoms with Crippen LogP contribution in [0.4, 0.5) is 0 Å². The van der Waals surface area contributed by atoms with Gasteiger partial charge in [0.2, 0.25) is 0 Å². The molecule has 2 heteroatoms. The van der Waals surface area contributed by atoms with E-state index in [9.17, 15) is 0 Å². The quantitative estimate of drug-likeness (QED) is 0.759. The van der Waals surface area contributed by atoms with Crippen molar-refractivity contribution in [2.45, 2.75) is 46.6 Å². The predicted octanol–water partition coefficient (Wildman–Crippen LogP) is 3.65. The summed E-state index contributed by atoms with van der Waals surface area (Å²) in [4.78, 5) is 0. The van der Waals surface area contributed by atoms with Crippen LogP contribution in [0.15, 0.2) is 24.3 Å². The number of rotatable bonds is 8. The molecule has 0 radical (unpaired) electrons. The zero-order valence-electron chi connectivity index (χ0n) is 12.2. The smallest absolute Gasteiger partial charge is 0.119 e. The summed E-state index contributed by atoms with van der Waals surface area (Å²) in [6.07, 6.45) is 2.12. The maximum absolute atomic E-state index is 5.58. The normalized spacial score (nSPS) is 12.7. The Morgan fingerprint density at radius 2 is 1.78 bits per heavy atom. The van der Waals surface area contributed by atoms with Crippen LogP contribution in [0, 0.1) is 5.92 Å². The maximum atomic E-state index is 5.58. The molecule has 2 nitrogen and oxygen atoms in total. The lowest BCUT2D eigenvalue weighted by Gasteiger charge is -2.15. The molecule has 0 fully saturated rings. The van der Waals surface area contributed by atoms with Crippen molar-refractivity contribution in [1.82, 2.24) is 5.32 Å². The van der Waals surface area contributed by atoms with Crippen molar-refractivity contribution >= 4 is 0 Å². The van der Waals surface area contributed by atoms with E-state index in [0.717, 1.165) is 31.7 Å². The maximum Gasteiger partial charge on any atom is 0.119 e. The average molecular weight is 249 g/mol. The second-order valence-electron chi connectivity index (χ2n) is 5.40. The Balaban J connectivity index is 2.38. The Morgan fingerprint density at radius 3 is 2.33 bits per heavy atom. The van der Waals surface area contributed by atoms with Crippen molar-refractivity contribution < 1.29 is 4.74 Å². The lowest BCUT2D eigenvalue weighted by atomic mass is 10.1. The number of hydrogen-bond acceptors (Lipinski definition) is 2. The molecule has 102 valence electrons. The fraction of sp³-hybridized carbons (Fsp3) is 0.625. The second kappa shape index (κ2) is 8.15. The second-order valence-corrected chi connectivity index (χ2v) is 5.40. The molecular formula is C16H27NO. The molecule has 0 aliphatic carbocycles. The first-order valence-electron chi connectivity index (χ1n) is 7.07. The van der Waals surface area contributed by atoms with Crippen LogP contribution in [0.5, 0.6) is 5.75 Å². The van der Waals surface area contributed by atoms with E-state index >= 15 is 0 Å². The number of benzene rings is 1. The van der Waals surface area contributed by atoms with Crippen LogP contribution in [0.3, 0.4) is 0 Å². The fourth-order valence-corrected chi connectivity index (χ4v) is 1.80. The fourth-order valence-electron chi connectivity index (χ4n) is 1.80. The van der Waals surface area contributed by atoms with Gasteiger partial charge in [-0.15, -0.1) is 0 Å². The van der Waals surface area contributed by atoms with E-state index in [1.165, 1.54) is 5.56 Å². The summed E-state index contributed by atoms with van der Waals surface area (Å²) in [7, 11) is 0. The molecule has 0 aliphatic rings. The minimum atomic E-state index is 0.523. The molecule has 1 aromatic rings. The van der Waals surface area contributed by atoms with Crippen molar-refractivity contribution in [1.29, 1.82) is 0 Å². The van der Waals surface area contributed by atoms with Gasteiger partial charge in [-0.3, -0.25) is 0 Å². The highest BCUT2D eigenvalue weighted by molar-refractivity contribution is 5.27. The zero-order chi connectivity index (χ0) is 13.4. The molecule has 0 saturated heterocycles. The molecule has 0 saturated carbocycles. The molecule has 1 aromatic carbocycles. The number of nitrogens with one attached hydrogen (secondary N) is 1. The molecule has 0 heterocycles. The number of hydrogen-bond donors (Lipinski definition) is 1. The van der Waals surface area contributed by atoms with Crippen molar-refractivity contribution in [3.63, 3.8) is 0 Å². The molecule has 1 atom stereocenters. The van der Waals surface area contributed by atoms with Crippen LogP contribution < -0.4 is 10.1 Å². The summed E-state index contributed by atoms with van der Waals surface area (Å²) in [5.74, 6) is 1.68. The Bertz CT molecular complexity index is 318. The summed E-state index contributed by atoms with van der Waals surface area (Å²) < 4.78 is 5.58. The molecule has 1 N–H and O–H groups in total. The predicted molar refractivity (Wildman–Crippen MR) is 78.2 cm³/mol. The third kappa shape index (κ3) is 6.06. The van der Waals surface area contributed by atoms with E-state index in [2.05, 4.69) is 57.3 Å². The van der Waals surface area contributed by atoms with Crippen LogP contribution >= 0.6 is 0 Å². The highest BCUT2D eigenvalue weighted by Crippen LogP contribution is 2.13. The summed E-state index contributed by atoms with van der Waals surface area (Å²) in [5.41, 5.74) is 1.36. The molecule has 0 amide bonds. The van der Waals surface area contributed by atoms with Gasteiger partial charge in [-0.05, 0) is 49.9 Å². The molecule has 0 bridgehead atoms. The molecular weight excluding hydrogens is 222 g/mol. The van der Waals surface area contributed by atoms with Gasteiger partial charge in [-0.1, -0.05) is 32.9 Å².